The Labute approximate surface area is 195 Å². The van der Waals surface area contributed by atoms with Crippen LogP contribution in [0.15, 0.2) is 29.1 Å². The zero-order valence-corrected chi connectivity index (χ0v) is 20.0. The van der Waals surface area contributed by atoms with Gasteiger partial charge in [-0.05, 0) is 56.9 Å². The van der Waals surface area contributed by atoms with Crippen LogP contribution in [0.5, 0.6) is 0 Å². The molecule has 3 heterocycles. The van der Waals surface area contributed by atoms with Gasteiger partial charge in [-0.15, -0.1) is 11.3 Å². The van der Waals surface area contributed by atoms with Crippen LogP contribution in [0.2, 0.25) is 0 Å². The van der Waals surface area contributed by atoms with Crippen molar-refractivity contribution in [3.05, 3.63) is 67.8 Å². The van der Waals surface area contributed by atoms with Gasteiger partial charge in [0.25, 0.3) is 11.5 Å². The molecule has 1 atom stereocenters. The van der Waals surface area contributed by atoms with Gasteiger partial charge in [0, 0.05) is 26.7 Å². The minimum atomic E-state index is -0.340. The van der Waals surface area contributed by atoms with Crippen LogP contribution in [-0.4, -0.2) is 44.8 Å². The van der Waals surface area contributed by atoms with E-state index in [-0.39, 0.29) is 29.9 Å². The molecule has 1 aromatic carbocycles. The number of carbonyl (C=O) groups excluding carboxylic acids is 1. The Balaban J connectivity index is 1.69. The largest absolute Gasteiger partial charge is 0.376 e. The van der Waals surface area contributed by atoms with E-state index < -0.39 is 0 Å². The normalized spacial score (nSPS) is 15.7. The van der Waals surface area contributed by atoms with Crippen molar-refractivity contribution in [3.63, 3.8) is 0 Å². The van der Waals surface area contributed by atoms with Crippen LogP contribution in [0.1, 0.15) is 45.0 Å². The van der Waals surface area contributed by atoms with Crippen molar-refractivity contribution >= 4 is 17.2 Å². The Kier molecular flexibility index (Phi) is 6.71. The minimum absolute atomic E-state index is 0.0485. The maximum atomic E-state index is 13.8. The zero-order valence-electron chi connectivity index (χ0n) is 19.2. The van der Waals surface area contributed by atoms with E-state index >= 15 is 0 Å². The van der Waals surface area contributed by atoms with Crippen molar-refractivity contribution in [1.82, 2.24) is 19.7 Å². The van der Waals surface area contributed by atoms with Crippen LogP contribution in [0.3, 0.4) is 0 Å². The molecule has 1 saturated heterocycles. The second-order valence-electron chi connectivity index (χ2n) is 8.40. The monoisotopic (exact) mass is 470 g/mol. The number of aromatic nitrogens is 3. The molecule has 4 rings (SSSR count). The van der Waals surface area contributed by atoms with Gasteiger partial charge in [0.1, 0.15) is 15.7 Å². The molecular weight excluding hydrogens is 443 g/mol. The third kappa shape index (κ3) is 4.89. The van der Waals surface area contributed by atoms with Gasteiger partial charge in [-0.3, -0.25) is 9.59 Å². The number of halogens is 1. The lowest BCUT2D eigenvalue weighted by molar-refractivity contribution is 0.0510. The summed E-state index contributed by atoms with van der Waals surface area (Å²) in [5.41, 5.74) is 2.97. The Hall–Kier alpha value is -2.91. The molecule has 1 amide bonds. The van der Waals surface area contributed by atoms with Crippen molar-refractivity contribution in [1.29, 1.82) is 0 Å². The van der Waals surface area contributed by atoms with Crippen molar-refractivity contribution in [3.8, 4) is 10.6 Å². The third-order valence-electron chi connectivity index (χ3n) is 5.93. The van der Waals surface area contributed by atoms with Gasteiger partial charge in [-0.2, -0.15) is 5.10 Å². The van der Waals surface area contributed by atoms with E-state index in [4.69, 9.17) is 4.74 Å². The van der Waals surface area contributed by atoms with Crippen LogP contribution in [-0.2, 0) is 18.3 Å². The molecule has 1 unspecified atom stereocenters. The molecule has 0 spiro atoms. The molecule has 1 fully saturated rings. The smallest absolute Gasteiger partial charge is 0.277 e. The molecule has 0 N–H and O–H groups in total. The summed E-state index contributed by atoms with van der Waals surface area (Å²) in [5.74, 6) is -0.538. The highest BCUT2D eigenvalue weighted by Gasteiger charge is 2.28. The lowest BCUT2D eigenvalue weighted by Gasteiger charge is -2.25. The molecule has 2 aromatic heterocycles. The molecule has 0 bridgehead atoms. The molecule has 7 nitrogen and oxygen atoms in total. The first-order valence-corrected chi connectivity index (χ1v) is 11.7. The number of amides is 1. The summed E-state index contributed by atoms with van der Waals surface area (Å²) in [5, 5.41) is 4.73. The molecule has 0 radical (unpaired) electrons. The lowest BCUT2D eigenvalue weighted by Crippen LogP contribution is -2.36. The highest BCUT2D eigenvalue weighted by atomic mass is 32.1. The van der Waals surface area contributed by atoms with E-state index in [1.807, 2.05) is 13.8 Å². The average molecular weight is 471 g/mol. The fourth-order valence-corrected chi connectivity index (χ4v) is 5.18. The molecule has 1 aliphatic rings. The topological polar surface area (TPSA) is 77.3 Å². The summed E-state index contributed by atoms with van der Waals surface area (Å²) in [6, 6.07) is 6.26. The van der Waals surface area contributed by atoms with Gasteiger partial charge in [0.2, 0.25) is 0 Å². The Morgan fingerprint density at radius 2 is 2.09 bits per heavy atom. The molecule has 33 heavy (non-hydrogen) atoms. The van der Waals surface area contributed by atoms with Crippen LogP contribution >= 0.6 is 11.3 Å². The number of hydrogen-bond acceptors (Lipinski definition) is 6. The third-order valence-corrected chi connectivity index (χ3v) is 7.09. The molecule has 0 aliphatic carbocycles. The van der Waals surface area contributed by atoms with Crippen LogP contribution in [0, 0.1) is 26.6 Å². The maximum absolute atomic E-state index is 13.8. The number of thiazole rings is 1. The highest BCUT2D eigenvalue weighted by Crippen LogP contribution is 2.30. The Bertz CT molecular complexity index is 1250. The van der Waals surface area contributed by atoms with Crippen LogP contribution in [0.25, 0.3) is 10.6 Å². The lowest BCUT2D eigenvalue weighted by atomic mass is 10.1. The van der Waals surface area contributed by atoms with Gasteiger partial charge in [0.15, 0.2) is 0 Å². The Morgan fingerprint density at radius 3 is 2.79 bits per heavy atom. The fraction of sp³-hybridized carbons (Fsp3) is 0.417. The summed E-state index contributed by atoms with van der Waals surface area (Å²) in [7, 11) is 1.60. The second-order valence-corrected chi connectivity index (χ2v) is 9.40. The number of nitrogens with zero attached hydrogens (tertiary/aromatic N) is 4. The summed E-state index contributed by atoms with van der Waals surface area (Å²) in [6.45, 7) is 6.81. The average Bonchev–Trinajstić information content (AvgIpc) is 3.41. The van der Waals surface area contributed by atoms with Crippen molar-refractivity contribution in [2.45, 2.75) is 46.3 Å². The van der Waals surface area contributed by atoms with E-state index in [1.165, 1.54) is 28.2 Å². The quantitative estimate of drug-likeness (QED) is 0.548. The predicted molar refractivity (Wildman–Crippen MR) is 125 cm³/mol. The van der Waals surface area contributed by atoms with E-state index in [0.717, 1.165) is 24.1 Å². The van der Waals surface area contributed by atoms with Gasteiger partial charge in [-0.1, -0.05) is 12.1 Å². The number of hydrogen-bond donors (Lipinski definition) is 0. The van der Waals surface area contributed by atoms with E-state index in [2.05, 4.69) is 10.1 Å². The molecule has 174 valence electrons. The highest BCUT2D eigenvalue weighted by molar-refractivity contribution is 7.17. The van der Waals surface area contributed by atoms with E-state index in [9.17, 15) is 14.0 Å². The first kappa shape index (κ1) is 23.3. The number of benzene rings is 1. The van der Waals surface area contributed by atoms with Crippen LogP contribution in [0.4, 0.5) is 4.39 Å². The number of aryl methyl sites for hydroxylation is 3. The van der Waals surface area contributed by atoms with Gasteiger partial charge in [-0.25, -0.2) is 14.1 Å². The van der Waals surface area contributed by atoms with Crippen molar-refractivity contribution < 1.29 is 13.9 Å². The fourth-order valence-electron chi connectivity index (χ4n) is 4.05. The first-order chi connectivity index (χ1) is 15.7. The SMILES string of the molecule is Cc1nc(-c2c(C)c(C)nn(C)c2=O)sc1C(=O)N(Cc1cccc(F)c1)CC1CCCO1. The summed E-state index contributed by atoms with van der Waals surface area (Å²) < 4.78 is 20.8. The molecule has 9 heteroatoms. The van der Waals surface area contributed by atoms with Crippen molar-refractivity contribution in [2.24, 2.45) is 7.05 Å². The molecular formula is C24H27FN4O3S. The summed E-state index contributed by atoms with van der Waals surface area (Å²) in [4.78, 5) is 33.2. The predicted octanol–water partition coefficient (Wildman–Crippen LogP) is 3.79. The second kappa shape index (κ2) is 9.52. The number of carbonyl (C=O) groups is 1. The van der Waals surface area contributed by atoms with E-state index in [1.54, 1.807) is 31.0 Å². The standard InChI is InChI=1S/C24H27FN4O3S/c1-14-15(2)27-28(4)23(30)20(14)22-26-16(3)21(33-22)24(31)29(13-19-9-6-10-32-19)12-17-7-5-8-18(25)11-17/h5,7-8,11,19H,6,9-10,12-13H2,1-4H3. The van der Waals surface area contributed by atoms with Gasteiger partial charge in [0.05, 0.1) is 23.1 Å². The minimum Gasteiger partial charge on any atom is -0.376 e. The molecule has 1 aliphatic heterocycles. The van der Waals surface area contributed by atoms with Gasteiger partial charge < -0.3 is 9.64 Å². The summed E-state index contributed by atoms with van der Waals surface area (Å²) >= 11 is 1.21. The molecule has 3 aromatic rings. The Morgan fingerprint density at radius 1 is 1.30 bits per heavy atom. The van der Waals surface area contributed by atoms with E-state index in [0.29, 0.717) is 39.9 Å². The molecule has 0 saturated carbocycles. The van der Waals surface area contributed by atoms with Gasteiger partial charge >= 0.3 is 0 Å². The van der Waals surface area contributed by atoms with Crippen molar-refractivity contribution in [2.75, 3.05) is 13.2 Å². The number of ether oxygens (including phenoxy) is 1. The summed E-state index contributed by atoms with van der Waals surface area (Å²) in [6.07, 6.45) is 1.79. The maximum Gasteiger partial charge on any atom is 0.277 e. The first-order valence-electron chi connectivity index (χ1n) is 10.9. The van der Waals surface area contributed by atoms with Crippen LogP contribution < -0.4 is 5.56 Å². The number of rotatable bonds is 6. The zero-order chi connectivity index (χ0) is 23.7.